The average Bonchev–Trinajstić information content (AvgIpc) is 3.26. The van der Waals surface area contributed by atoms with E-state index in [4.69, 9.17) is 4.74 Å². The second-order valence-electron chi connectivity index (χ2n) is 6.14. The normalized spacial score (nSPS) is 13.8. The number of hydrogen-bond donors (Lipinski definition) is 1. The maximum Gasteiger partial charge on any atom is 0.262 e. The monoisotopic (exact) mass is 342 g/mol. The van der Waals surface area contributed by atoms with Crippen molar-refractivity contribution in [3.05, 3.63) is 41.6 Å². The van der Waals surface area contributed by atoms with Gasteiger partial charge in [-0.25, -0.2) is 0 Å². The third-order valence-corrected chi connectivity index (χ3v) is 4.26. The zero-order valence-electron chi connectivity index (χ0n) is 14.5. The largest absolute Gasteiger partial charge is 0.479 e. The van der Waals surface area contributed by atoms with Crippen molar-refractivity contribution < 1.29 is 14.3 Å². The van der Waals surface area contributed by atoms with Gasteiger partial charge in [0.25, 0.3) is 5.91 Å². The maximum absolute atomic E-state index is 12.3. The number of carbonyl (C=O) groups excluding carboxylic acids is 2. The number of aromatic nitrogens is 2. The van der Waals surface area contributed by atoms with E-state index < -0.39 is 0 Å². The van der Waals surface area contributed by atoms with Crippen LogP contribution in [0.5, 0.6) is 5.88 Å². The number of anilines is 1. The van der Waals surface area contributed by atoms with Gasteiger partial charge in [0.05, 0.1) is 13.5 Å². The molecule has 132 valence electrons. The van der Waals surface area contributed by atoms with Gasteiger partial charge in [-0.05, 0) is 30.5 Å². The Hall–Kier alpha value is -2.83. The van der Waals surface area contributed by atoms with Gasteiger partial charge in [0.1, 0.15) is 5.56 Å². The zero-order chi connectivity index (χ0) is 17.8. The summed E-state index contributed by atoms with van der Waals surface area (Å²) in [6, 6.07) is 7.33. The van der Waals surface area contributed by atoms with Crippen LogP contribution in [0.4, 0.5) is 5.69 Å². The molecule has 0 atom stereocenters. The van der Waals surface area contributed by atoms with Gasteiger partial charge in [-0.15, -0.1) is 5.10 Å². The van der Waals surface area contributed by atoms with Crippen LogP contribution in [0.3, 0.4) is 0 Å². The number of ether oxygens (including phenoxy) is 1. The molecule has 0 bridgehead atoms. The van der Waals surface area contributed by atoms with Crippen molar-refractivity contribution in [2.45, 2.75) is 19.3 Å². The molecule has 0 unspecified atom stereocenters. The lowest BCUT2D eigenvalue weighted by Gasteiger charge is -2.15. The predicted molar refractivity (Wildman–Crippen MR) is 93.7 cm³/mol. The third-order valence-electron chi connectivity index (χ3n) is 4.26. The highest BCUT2D eigenvalue weighted by Gasteiger charge is 2.18. The number of hydrogen-bond acceptors (Lipinski definition) is 4. The van der Waals surface area contributed by atoms with Gasteiger partial charge < -0.3 is 15.0 Å². The van der Waals surface area contributed by atoms with E-state index in [1.165, 1.54) is 11.8 Å². The van der Waals surface area contributed by atoms with Crippen molar-refractivity contribution in [1.29, 1.82) is 0 Å². The molecule has 1 fully saturated rings. The summed E-state index contributed by atoms with van der Waals surface area (Å²) < 4.78 is 6.63. The minimum Gasteiger partial charge on any atom is -0.479 e. The van der Waals surface area contributed by atoms with E-state index in [1.54, 1.807) is 25.4 Å². The number of methoxy groups -OCH3 is 1. The molecule has 1 aromatic heterocycles. The van der Waals surface area contributed by atoms with E-state index in [-0.39, 0.29) is 17.7 Å². The summed E-state index contributed by atoms with van der Waals surface area (Å²) in [5, 5.41) is 6.88. The van der Waals surface area contributed by atoms with E-state index in [0.29, 0.717) is 17.7 Å². The van der Waals surface area contributed by atoms with E-state index in [2.05, 4.69) is 10.4 Å². The third kappa shape index (κ3) is 3.99. The van der Waals surface area contributed by atoms with Gasteiger partial charge in [-0.1, -0.05) is 12.1 Å². The molecule has 3 rings (SSSR count). The molecule has 7 heteroatoms. The first kappa shape index (κ1) is 17.0. The van der Waals surface area contributed by atoms with Crippen LogP contribution in [-0.4, -0.2) is 46.7 Å². The Balaban J connectivity index is 1.62. The second-order valence-corrected chi connectivity index (χ2v) is 6.14. The average molecular weight is 342 g/mol. The number of nitrogens with one attached hydrogen (secondary N) is 1. The fourth-order valence-corrected chi connectivity index (χ4v) is 2.93. The van der Waals surface area contributed by atoms with Crippen LogP contribution in [0.2, 0.25) is 0 Å². The predicted octanol–water partition coefficient (Wildman–Crippen LogP) is 1.85. The number of nitrogens with zero attached hydrogens (tertiary/aromatic N) is 3. The molecule has 0 radical (unpaired) electrons. The molecule has 2 amide bonds. The van der Waals surface area contributed by atoms with Crippen LogP contribution in [-0.2, 0) is 18.3 Å². The van der Waals surface area contributed by atoms with Crippen LogP contribution in [0.25, 0.3) is 0 Å². The number of rotatable bonds is 5. The van der Waals surface area contributed by atoms with Crippen LogP contribution < -0.4 is 10.1 Å². The van der Waals surface area contributed by atoms with Crippen LogP contribution in [0.15, 0.2) is 30.5 Å². The Kier molecular flexibility index (Phi) is 5.02. The van der Waals surface area contributed by atoms with Crippen molar-refractivity contribution in [2.75, 3.05) is 25.5 Å². The number of aryl methyl sites for hydroxylation is 1. The lowest BCUT2D eigenvalue weighted by atomic mass is 10.1. The lowest BCUT2D eigenvalue weighted by Crippen LogP contribution is -2.29. The van der Waals surface area contributed by atoms with E-state index >= 15 is 0 Å². The number of likely N-dealkylation sites (tertiary alicyclic amines) is 1. The van der Waals surface area contributed by atoms with Crippen molar-refractivity contribution in [3.8, 4) is 5.88 Å². The molecular weight excluding hydrogens is 320 g/mol. The number of benzene rings is 1. The molecule has 1 aliphatic rings. The molecule has 0 spiro atoms. The van der Waals surface area contributed by atoms with Gasteiger partial charge >= 0.3 is 0 Å². The molecule has 25 heavy (non-hydrogen) atoms. The van der Waals surface area contributed by atoms with Crippen molar-refractivity contribution in [2.24, 2.45) is 7.05 Å². The number of amides is 2. The molecule has 1 N–H and O–H groups in total. The van der Waals surface area contributed by atoms with Crippen LogP contribution in [0.1, 0.15) is 28.8 Å². The fraction of sp³-hybridized carbons (Fsp3) is 0.389. The van der Waals surface area contributed by atoms with E-state index in [1.807, 2.05) is 17.0 Å². The fourth-order valence-electron chi connectivity index (χ4n) is 2.93. The summed E-state index contributed by atoms with van der Waals surface area (Å²) in [5.41, 5.74) is 1.97. The zero-order valence-corrected chi connectivity index (χ0v) is 14.5. The van der Waals surface area contributed by atoms with Crippen molar-refractivity contribution >= 4 is 17.5 Å². The van der Waals surface area contributed by atoms with Gasteiger partial charge in [-0.3, -0.25) is 14.3 Å². The molecule has 1 aromatic carbocycles. The Morgan fingerprint density at radius 1 is 1.20 bits per heavy atom. The summed E-state index contributed by atoms with van der Waals surface area (Å²) >= 11 is 0. The topological polar surface area (TPSA) is 76.5 Å². The first-order chi connectivity index (χ1) is 12.1. The van der Waals surface area contributed by atoms with Crippen LogP contribution in [0, 0.1) is 0 Å². The minimum atomic E-state index is -0.286. The summed E-state index contributed by atoms with van der Waals surface area (Å²) in [5.74, 6) is 0.160. The minimum absolute atomic E-state index is 0.161. The summed E-state index contributed by atoms with van der Waals surface area (Å²) in [6.45, 7) is 1.72. The van der Waals surface area contributed by atoms with E-state index in [9.17, 15) is 9.59 Å². The Bertz CT molecular complexity index is 761. The molecular formula is C18H22N4O3. The first-order valence-electron chi connectivity index (χ1n) is 8.32. The number of carbonyl (C=O) groups is 2. The molecule has 1 aliphatic heterocycles. The van der Waals surface area contributed by atoms with Gasteiger partial charge in [0, 0.05) is 32.0 Å². The van der Waals surface area contributed by atoms with Gasteiger partial charge in [-0.2, -0.15) is 0 Å². The van der Waals surface area contributed by atoms with E-state index in [0.717, 1.165) is 31.5 Å². The van der Waals surface area contributed by atoms with Crippen molar-refractivity contribution in [1.82, 2.24) is 14.7 Å². The Morgan fingerprint density at radius 2 is 1.88 bits per heavy atom. The maximum atomic E-state index is 12.3. The highest BCUT2D eigenvalue weighted by atomic mass is 16.5. The molecule has 0 aliphatic carbocycles. The van der Waals surface area contributed by atoms with Gasteiger partial charge in [0.15, 0.2) is 0 Å². The Morgan fingerprint density at radius 3 is 2.52 bits per heavy atom. The van der Waals surface area contributed by atoms with Crippen LogP contribution >= 0.6 is 0 Å². The molecule has 0 saturated carbocycles. The lowest BCUT2D eigenvalue weighted by molar-refractivity contribution is -0.129. The van der Waals surface area contributed by atoms with Gasteiger partial charge in [0.2, 0.25) is 11.8 Å². The molecule has 7 nitrogen and oxygen atoms in total. The molecule has 2 heterocycles. The summed E-state index contributed by atoms with van der Waals surface area (Å²) in [4.78, 5) is 26.4. The first-order valence-corrected chi connectivity index (χ1v) is 8.32. The molecule has 2 aromatic rings. The highest BCUT2D eigenvalue weighted by Crippen LogP contribution is 2.18. The molecule has 1 saturated heterocycles. The SMILES string of the molecule is COc1nn(C)cc1C(=O)Nc1ccc(CC(=O)N2CCCC2)cc1. The quantitative estimate of drug-likeness (QED) is 0.900. The summed E-state index contributed by atoms with van der Waals surface area (Å²) in [7, 11) is 3.21. The van der Waals surface area contributed by atoms with Crippen molar-refractivity contribution in [3.63, 3.8) is 0 Å². The standard InChI is InChI=1S/C18H22N4O3/c1-21-12-15(18(20-21)25-2)17(24)19-14-7-5-13(6-8-14)11-16(23)22-9-3-4-10-22/h5-8,12H,3-4,9-11H2,1-2H3,(H,19,24). The summed E-state index contributed by atoms with van der Waals surface area (Å²) in [6.07, 6.45) is 4.19. The smallest absolute Gasteiger partial charge is 0.262 e. The second kappa shape index (κ2) is 7.38. The Labute approximate surface area is 146 Å². The highest BCUT2D eigenvalue weighted by molar-refractivity contribution is 6.05.